The molecule has 0 unspecified atom stereocenters. The lowest BCUT2D eigenvalue weighted by atomic mass is 10.1. The smallest absolute Gasteiger partial charge is 0.383 e. The lowest BCUT2D eigenvalue weighted by molar-refractivity contribution is -0.132. The van der Waals surface area contributed by atoms with Gasteiger partial charge in [0.1, 0.15) is 22.3 Å². The first-order chi connectivity index (χ1) is 10.2. The average molecular weight is 306 g/mol. The maximum atomic E-state index is 12.0. The highest BCUT2D eigenvalue weighted by molar-refractivity contribution is 5.92. The zero-order chi connectivity index (χ0) is 16.5. The van der Waals surface area contributed by atoms with Crippen molar-refractivity contribution in [1.82, 2.24) is 0 Å². The van der Waals surface area contributed by atoms with E-state index in [0.29, 0.717) is 16.7 Å². The molecule has 2 rings (SSSR count). The van der Waals surface area contributed by atoms with E-state index in [2.05, 4.69) is 0 Å². The molecule has 0 spiro atoms. The quantitative estimate of drug-likeness (QED) is 0.641. The highest BCUT2D eigenvalue weighted by atomic mass is 16.6. The van der Waals surface area contributed by atoms with Gasteiger partial charge in [-0.3, -0.25) is 4.79 Å². The fourth-order valence-electron chi connectivity index (χ4n) is 2.01. The number of fused-ring (bicyclic) bond motifs is 1. The molecule has 1 heterocycles. The summed E-state index contributed by atoms with van der Waals surface area (Å²) in [6.07, 6.45) is 0. The van der Waals surface area contributed by atoms with Crippen LogP contribution in [0.4, 0.5) is 0 Å². The summed E-state index contributed by atoms with van der Waals surface area (Å²) in [5.41, 5.74) is -0.955. The van der Waals surface area contributed by atoms with E-state index in [9.17, 15) is 9.59 Å². The van der Waals surface area contributed by atoms with Crippen molar-refractivity contribution in [2.75, 3.05) is 7.11 Å². The number of esters is 1. The van der Waals surface area contributed by atoms with Crippen LogP contribution < -0.4 is 19.8 Å². The van der Waals surface area contributed by atoms with Crippen LogP contribution in [0, 0.1) is 0 Å². The van der Waals surface area contributed by atoms with Crippen molar-refractivity contribution in [3.8, 4) is 17.2 Å². The zero-order valence-corrected chi connectivity index (χ0v) is 13.2. The van der Waals surface area contributed by atoms with Crippen LogP contribution in [0.5, 0.6) is 17.2 Å². The standard InChI is InChI=1S/C16H18O6/c1-9(17)20-14-13(19-5)12-10(21-15(14)18)7-6-8-11(12)22-16(2,3)4/h6-8H,1-5H3. The largest absolute Gasteiger partial charge is 0.492 e. The van der Waals surface area contributed by atoms with E-state index in [4.69, 9.17) is 18.6 Å². The number of hydrogen-bond donors (Lipinski definition) is 0. The van der Waals surface area contributed by atoms with Crippen LogP contribution in [0.15, 0.2) is 27.4 Å². The Balaban J connectivity index is 2.79. The van der Waals surface area contributed by atoms with Crippen molar-refractivity contribution in [3.05, 3.63) is 28.6 Å². The van der Waals surface area contributed by atoms with Crippen LogP contribution in [-0.4, -0.2) is 18.7 Å². The second-order valence-corrected chi connectivity index (χ2v) is 5.69. The monoisotopic (exact) mass is 306 g/mol. The Kier molecular flexibility index (Phi) is 4.12. The molecular weight excluding hydrogens is 288 g/mol. The number of ether oxygens (including phenoxy) is 3. The molecule has 0 radical (unpaired) electrons. The van der Waals surface area contributed by atoms with Gasteiger partial charge in [0, 0.05) is 6.92 Å². The van der Waals surface area contributed by atoms with Gasteiger partial charge in [-0.15, -0.1) is 0 Å². The van der Waals surface area contributed by atoms with Gasteiger partial charge in [-0.1, -0.05) is 6.07 Å². The number of rotatable bonds is 3. The third-order valence-electron chi connectivity index (χ3n) is 2.68. The maximum absolute atomic E-state index is 12.0. The van der Waals surface area contributed by atoms with E-state index in [1.165, 1.54) is 14.0 Å². The fourth-order valence-corrected chi connectivity index (χ4v) is 2.01. The second-order valence-electron chi connectivity index (χ2n) is 5.69. The number of hydrogen-bond acceptors (Lipinski definition) is 6. The Morgan fingerprint density at radius 3 is 2.41 bits per heavy atom. The summed E-state index contributed by atoms with van der Waals surface area (Å²) < 4.78 is 21.3. The molecule has 0 N–H and O–H groups in total. The average Bonchev–Trinajstić information content (AvgIpc) is 2.38. The molecule has 0 aliphatic carbocycles. The summed E-state index contributed by atoms with van der Waals surface area (Å²) in [6, 6.07) is 5.05. The minimum Gasteiger partial charge on any atom is -0.492 e. The van der Waals surface area contributed by atoms with Crippen molar-refractivity contribution in [2.24, 2.45) is 0 Å². The zero-order valence-electron chi connectivity index (χ0n) is 13.2. The van der Waals surface area contributed by atoms with Gasteiger partial charge in [-0.25, -0.2) is 4.79 Å². The van der Waals surface area contributed by atoms with Gasteiger partial charge < -0.3 is 18.6 Å². The minimum absolute atomic E-state index is 0.112. The molecule has 6 heteroatoms. The summed E-state index contributed by atoms with van der Waals surface area (Å²) in [7, 11) is 1.38. The SMILES string of the molecule is COc1c(OC(C)=O)c(=O)oc2cccc(OC(C)(C)C)c12. The Hall–Kier alpha value is -2.50. The molecule has 2 aromatic rings. The van der Waals surface area contributed by atoms with Crippen LogP contribution in [0.1, 0.15) is 27.7 Å². The first-order valence-electron chi connectivity index (χ1n) is 6.74. The summed E-state index contributed by atoms with van der Waals surface area (Å²) in [4.78, 5) is 23.2. The Bertz CT molecular complexity index is 767. The van der Waals surface area contributed by atoms with Crippen LogP contribution >= 0.6 is 0 Å². The van der Waals surface area contributed by atoms with Gasteiger partial charge in [-0.2, -0.15) is 0 Å². The van der Waals surface area contributed by atoms with E-state index < -0.39 is 17.2 Å². The first-order valence-corrected chi connectivity index (χ1v) is 6.74. The van der Waals surface area contributed by atoms with Gasteiger partial charge in [0.15, 0.2) is 5.75 Å². The Morgan fingerprint density at radius 1 is 1.18 bits per heavy atom. The van der Waals surface area contributed by atoms with Crippen molar-refractivity contribution < 1.29 is 23.4 Å². The van der Waals surface area contributed by atoms with Gasteiger partial charge in [0.2, 0.25) is 0 Å². The van der Waals surface area contributed by atoms with Crippen LogP contribution in [0.2, 0.25) is 0 Å². The molecular formula is C16H18O6. The van der Waals surface area contributed by atoms with Crippen molar-refractivity contribution in [1.29, 1.82) is 0 Å². The molecule has 1 aromatic carbocycles. The van der Waals surface area contributed by atoms with E-state index in [-0.39, 0.29) is 11.5 Å². The maximum Gasteiger partial charge on any atom is 0.383 e. The molecule has 118 valence electrons. The highest BCUT2D eigenvalue weighted by Gasteiger charge is 2.23. The first kappa shape index (κ1) is 15.9. The molecule has 22 heavy (non-hydrogen) atoms. The van der Waals surface area contributed by atoms with Crippen LogP contribution in [0.25, 0.3) is 11.0 Å². The number of benzene rings is 1. The molecule has 0 aliphatic rings. The molecule has 6 nitrogen and oxygen atoms in total. The highest BCUT2D eigenvalue weighted by Crippen LogP contribution is 2.39. The second kappa shape index (κ2) is 5.71. The molecule has 0 atom stereocenters. The van der Waals surface area contributed by atoms with Crippen molar-refractivity contribution >= 4 is 16.9 Å². The van der Waals surface area contributed by atoms with E-state index >= 15 is 0 Å². The van der Waals surface area contributed by atoms with Gasteiger partial charge in [-0.05, 0) is 32.9 Å². The molecule has 0 saturated heterocycles. The molecule has 1 aromatic heterocycles. The van der Waals surface area contributed by atoms with E-state index in [1.807, 2.05) is 20.8 Å². The minimum atomic E-state index is -0.785. The predicted octanol–water partition coefficient (Wildman–Crippen LogP) is 2.90. The number of carbonyl (C=O) groups excluding carboxylic acids is 1. The van der Waals surface area contributed by atoms with Crippen LogP contribution in [0.3, 0.4) is 0 Å². The molecule has 0 fully saturated rings. The summed E-state index contributed by atoms with van der Waals surface area (Å²) in [5.74, 6) is -0.341. The molecule has 0 amide bonds. The topological polar surface area (TPSA) is 75.0 Å². The van der Waals surface area contributed by atoms with Crippen molar-refractivity contribution in [3.63, 3.8) is 0 Å². The van der Waals surface area contributed by atoms with Gasteiger partial charge >= 0.3 is 11.6 Å². The van der Waals surface area contributed by atoms with E-state index in [0.717, 1.165) is 0 Å². The Labute approximate surface area is 127 Å². The van der Waals surface area contributed by atoms with Gasteiger partial charge in [0.05, 0.1) is 7.11 Å². The third-order valence-corrected chi connectivity index (χ3v) is 2.68. The van der Waals surface area contributed by atoms with Crippen molar-refractivity contribution in [2.45, 2.75) is 33.3 Å². The molecule has 0 aliphatic heterocycles. The number of carbonyl (C=O) groups is 1. The number of methoxy groups -OCH3 is 1. The Morgan fingerprint density at radius 2 is 1.86 bits per heavy atom. The van der Waals surface area contributed by atoms with Crippen LogP contribution in [-0.2, 0) is 4.79 Å². The van der Waals surface area contributed by atoms with E-state index in [1.54, 1.807) is 18.2 Å². The summed E-state index contributed by atoms with van der Waals surface area (Å²) in [5, 5.41) is 0.441. The lowest BCUT2D eigenvalue weighted by Crippen LogP contribution is -2.23. The third kappa shape index (κ3) is 3.21. The molecule has 0 bridgehead atoms. The predicted molar refractivity (Wildman–Crippen MR) is 80.7 cm³/mol. The summed E-state index contributed by atoms with van der Waals surface area (Å²) in [6.45, 7) is 6.87. The van der Waals surface area contributed by atoms with Gasteiger partial charge in [0.25, 0.3) is 5.75 Å². The lowest BCUT2D eigenvalue weighted by Gasteiger charge is -2.23. The summed E-state index contributed by atoms with van der Waals surface area (Å²) >= 11 is 0. The normalized spacial score (nSPS) is 11.3. The fraction of sp³-hybridized carbons (Fsp3) is 0.375. The molecule has 0 saturated carbocycles.